The fourth-order valence-electron chi connectivity index (χ4n) is 2.99. The lowest BCUT2D eigenvalue weighted by molar-refractivity contribution is 0.297. The number of hydrogen-bond acceptors (Lipinski definition) is 4. The highest BCUT2D eigenvalue weighted by molar-refractivity contribution is 7.71. The molecule has 27 heavy (non-hydrogen) atoms. The first-order valence-electron chi connectivity index (χ1n) is 9.06. The summed E-state index contributed by atoms with van der Waals surface area (Å²) in [6.45, 7) is 3.42. The SMILES string of the molecule is CCCCn1c(-c2ccc(OCc3nc4ccccc4[nH]3)cc2)n[nH]c1=S. The number of H-pyrrole nitrogens is 2. The number of nitrogens with one attached hydrogen (secondary N) is 2. The summed E-state index contributed by atoms with van der Waals surface area (Å²) in [6.07, 6.45) is 2.18. The van der Waals surface area contributed by atoms with Gasteiger partial charge in [-0.1, -0.05) is 25.5 Å². The molecule has 0 fully saturated rings. The number of unbranched alkanes of at least 4 members (excludes halogenated alkanes) is 1. The summed E-state index contributed by atoms with van der Waals surface area (Å²) >= 11 is 5.34. The molecule has 2 heterocycles. The molecule has 0 aliphatic heterocycles. The Morgan fingerprint density at radius 2 is 1.93 bits per heavy atom. The zero-order valence-corrected chi connectivity index (χ0v) is 15.9. The van der Waals surface area contributed by atoms with Crippen molar-refractivity contribution in [1.29, 1.82) is 0 Å². The first-order chi connectivity index (χ1) is 13.2. The highest BCUT2D eigenvalue weighted by atomic mass is 32.1. The molecule has 6 nitrogen and oxygen atoms in total. The maximum atomic E-state index is 5.86. The van der Waals surface area contributed by atoms with Crippen LogP contribution in [-0.2, 0) is 13.2 Å². The molecule has 2 N–H and O–H groups in total. The quantitative estimate of drug-likeness (QED) is 0.450. The van der Waals surface area contributed by atoms with E-state index in [0.29, 0.717) is 11.4 Å². The van der Waals surface area contributed by atoms with Gasteiger partial charge in [-0.25, -0.2) is 4.98 Å². The molecule has 4 aromatic rings. The third-order valence-electron chi connectivity index (χ3n) is 4.42. The molecule has 0 atom stereocenters. The van der Waals surface area contributed by atoms with Crippen LogP contribution in [0.5, 0.6) is 5.75 Å². The van der Waals surface area contributed by atoms with Gasteiger partial charge in [0, 0.05) is 12.1 Å². The third-order valence-corrected chi connectivity index (χ3v) is 4.73. The van der Waals surface area contributed by atoms with E-state index in [4.69, 9.17) is 17.0 Å². The van der Waals surface area contributed by atoms with Gasteiger partial charge in [0.1, 0.15) is 18.2 Å². The second-order valence-corrected chi connectivity index (χ2v) is 6.76. The second-order valence-electron chi connectivity index (χ2n) is 6.37. The smallest absolute Gasteiger partial charge is 0.195 e. The molecule has 0 aliphatic rings. The maximum Gasteiger partial charge on any atom is 0.195 e. The van der Waals surface area contributed by atoms with Crippen LogP contribution in [0.15, 0.2) is 48.5 Å². The van der Waals surface area contributed by atoms with Crippen molar-refractivity contribution in [3.05, 3.63) is 59.1 Å². The van der Waals surface area contributed by atoms with Crippen molar-refractivity contribution in [1.82, 2.24) is 24.7 Å². The van der Waals surface area contributed by atoms with E-state index >= 15 is 0 Å². The van der Waals surface area contributed by atoms with Gasteiger partial charge in [-0.05, 0) is 55.0 Å². The van der Waals surface area contributed by atoms with Gasteiger partial charge in [-0.2, -0.15) is 5.10 Å². The number of fused-ring (bicyclic) bond motifs is 1. The van der Waals surface area contributed by atoms with Crippen LogP contribution in [0.4, 0.5) is 0 Å². The Hall–Kier alpha value is -2.93. The Morgan fingerprint density at radius 1 is 1.11 bits per heavy atom. The molecule has 0 radical (unpaired) electrons. The molecular formula is C20H21N5OS. The Bertz CT molecular complexity index is 1060. The molecule has 0 bridgehead atoms. The number of aromatic amines is 2. The van der Waals surface area contributed by atoms with Gasteiger partial charge in [0.2, 0.25) is 0 Å². The van der Waals surface area contributed by atoms with Gasteiger partial charge in [0.15, 0.2) is 10.6 Å². The molecule has 138 valence electrons. The van der Waals surface area contributed by atoms with Crippen molar-refractivity contribution < 1.29 is 4.74 Å². The van der Waals surface area contributed by atoms with Crippen LogP contribution >= 0.6 is 12.2 Å². The minimum atomic E-state index is 0.392. The van der Waals surface area contributed by atoms with E-state index in [9.17, 15) is 0 Å². The summed E-state index contributed by atoms with van der Waals surface area (Å²) in [5.74, 6) is 2.45. The van der Waals surface area contributed by atoms with E-state index in [2.05, 4.69) is 27.1 Å². The molecule has 0 unspecified atom stereocenters. The van der Waals surface area contributed by atoms with Crippen LogP contribution < -0.4 is 4.74 Å². The number of aromatic nitrogens is 5. The Kier molecular flexibility index (Phi) is 5.02. The van der Waals surface area contributed by atoms with Crippen molar-refractivity contribution >= 4 is 23.3 Å². The summed E-state index contributed by atoms with van der Waals surface area (Å²) in [5, 5.41) is 7.27. The average molecular weight is 379 g/mol. The van der Waals surface area contributed by atoms with Gasteiger partial charge in [-0.3, -0.25) is 5.10 Å². The first kappa shape index (κ1) is 17.5. The molecule has 7 heteroatoms. The Morgan fingerprint density at radius 3 is 2.70 bits per heavy atom. The predicted octanol–water partition coefficient (Wildman–Crippen LogP) is 4.86. The third kappa shape index (κ3) is 3.78. The molecule has 4 rings (SSSR count). The number of nitrogens with zero attached hydrogens (tertiary/aromatic N) is 3. The standard InChI is InChI=1S/C20H21N5OS/c1-2-3-12-25-19(23-24-20(25)27)14-8-10-15(11-9-14)26-13-18-21-16-6-4-5-7-17(16)22-18/h4-11H,2-3,12-13H2,1H3,(H,21,22)(H,24,27). The minimum absolute atomic E-state index is 0.392. The summed E-state index contributed by atoms with van der Waals surface area (Å²) < 4.78 is 8.56. The normalized spacial score (nSPS) is 11.1. The predicted molar refractivity (Wildman–Crippen MR) is 108 cm³/mol. The second kappa shape index (κ2) is 7.75. The van der Waals surface area contributed by atoms with Crippen molar-refractivity contribution in [2.45, 2.75) is 32.9 Å². The zero-order chi connectivity index (χ0) is 18.6. The average Bonchev–Trinajstić information content (AvgIpc) is 3.28. The van der Waals surface area contributed by atoms with Crippen molar-refractivity contribution in [2.24, 2.45) is 0 Å². The molecule has 0 amide bonds. The zero-order valence-electron chi connectivity index (χ0n) is 15.1. The fraction of sp³-hybridized carbons (Fsp3) is 0.250. The first-order valence-corrected chi connectivity index (χ1v) is 9.47. The number of para-hydroxylation sites is 2. The molecule has 0 aliphatic carbocycles. The summed E-state index contributed by atoms with van der Waals surface area (Å²) in [6, 6.07) is 15.8. The fourth-order valence-corrected chi connectivity index (χ4v) is 3.21. The van der Waals surface area contributed by atoms with Crippen LogP contribution in [0, 0.1) is 4.77 Å². The molecule has 0 spiro atoms. The molecule has 0 saturated heterocycles. The van der Waals surface area contributed by atoms with Gasteiger partial charge < -0.3 is 14.3 Å². The van der Waals surface area contributed by atoms with E-state index in [1.807, 2.05) is 53.1 Å². The largest absolute Gasteiger partial charge is 0.486 e. The number of imidazole rings is 1. The van der Waals surface area contributed by atoms with Crippen molar-refractivity contribution in [3.8, 4) is 17.1 Å². The van der Waals surface area contributed by atoms with Gasteiger partial charge in [-0.15, -0.1) is 0 Å². The van der Waals surface area contributed by atoms with Crippen molar-refractivity contribution in [3.63, 3.8) is 0 Å². The molecule has 0 saturated carbocycles. The van der Waals surface area contributed by atoms with E-state index in [-0.39, 0.29) is 0 Å². The van der Waals surface area contributed by atoms with Gasteiger partial charge in [0.25, 0.3) is 0 Å². The van der Waals surface area contributed by atoms with Crippen LogP contribution in [0.1, 0.15) is 25.6 Å². The minimum Gasteiger partial charge on any atom is -0.486 e. The Labute approximate surface area is 162 Å². The molecule has 2 aromatic heterocycles. The van der Waals surface area contributed by atoms with Crippen molar-refractivity contribution in [2.75, 3.05) is 0 Å². The summed E-state index contributed by atoms with van der Waals surface area (Å²) in [4.78, 5) is 7.79. The number of rotatable bonds is 7. The van der Waals surface area contributed by atoms with E-state index < -0.39 is 0 Å². The van der Waals surface area contributed by atoms with E-state index in [1.165, 1.54) is 0 Å². The topological polar surface area (TPSA) is 71.5 Å². The number of hydrogen-bond donors (Lipinski definition) is 2. The van der Waals surface area contributed by atoms with Crippen LogP contribution in [-0.4, -0.2) is 24.7 Å². The molecular weight excluding hydrogens is 358 g/mol. The highest BCUT2D eigenvalue weighted by Gasteiger charge is 2.09. The monoisotopic (exact) mass is 379 g/mol. The lowest BCUT2D eigenvalue weighted by Gasteiger charge is -2.08. The number of ether oxygens (including phenoxy) is 1. The lowest BCUT2D eigenvalue weighted by atomic mass is 10.2. The van der Waals surface area contributed by atoms with Crippen LogP contribution in [0.25, 0.3) is 22.4 Å². The lowest BCUT2D eigenvalue weighted by Crippen LogP contribution is -2.01. The number of benzene rings is 2. The van der Waals surface area contributed by atoms with E-state index in [1.54, 1.807) is 0 Å². The van der Waals surface area contributed by atoms with Gasteiger partial charge >= 0.3 is 0 Å². The summed E-state index contributed by atoms with van der Waals surface area (Å²) in [7, 11) is 0. The molecule has 2 aromatic carbocycles. The van der Waals surface area contributed by atoms with Crippen LogP contribution in [0.3, 0.4) is 0 Å². The van der Waals surface area contributed by atoms with Crippen LogP contribution in [0.2, 0.25) is 0 Å². The van der Waals surface area contributed by atoms with Gasteiger partial charge in [0.05, 0.1) is 11.0 Å². The maximum absolute atomic E-state index is 5.86. The Balaban J connectivity index is 1.47. The summed E-state index contributed by atoms with van der Waals surface area (Å²) in [5.41, 5.74) is 2.97. The highest BCUT2D eigenvalue weighted by Crippen LogP contribution is 2.22. The van der Waals surface area contributed by atoms with E-state index in [0.717, 1.165) is 53.4 Å².